The molecule has 1 unspecified atom stereocenters. The molecule has 1 aliphatic rings. The van der Waals surface area contributed by atoms with Crippen LogP contribution in [0.1, 0.15) is 32.8 Å². The second kappa shape index (κ2) is 6.19. The number of hydrogen-bond donors (Lipinski definition) is 1. The third-order valence-electron chi connectivity index (χ3n) is 3.96. The van der Waals surface area contributed by atoms with Gasteiger partial charge in [0.1, 0.15) is 0 Å². The van der Waals surface area contributed by atoms with Crippen LogP contribution in [0.15, 0.2) is 18.5 Å². The first-order valence-electron chi connectivity index (χ1n) is 7.11. The van der Waals surface area contributed by atoms with E-state index >= 15 is 0 Å². The standard InChI is InChI=1S/C15H25N3/c1-4-16-9-13-5-7-17-10-15(13)18-8-6-14(11-18)12(2)3/h5,7,10,12,14,16H,4,6,8-9,11H2,1-3H3. The van der Waals surface area contributed by atoms with Gasteiger partial charge in [0.15, 0.2) is 0 Å². The third-order valence-corrected chi connectivity index (χ3v) is 3.96. The van der Waals surface area contributed by atoms with Crippen molar-refractivity contribution in [2.24, 2.45) is 11.8 Å². The molecule has 3 heteroatoms. The summed E-state index contributed by atoms with van der Waals surface area (Å²) in [7, 11) is 0. The third kappa shape index (κ3) is 3.02. The van der Waals surface area contributed by atoms with Crippen LogP contribution < -0.4 is 10.2 Å². The first-order chi connectivity index (χ1) is 8.72. The monoisotopic (exact) mass is 247 g/mol. The molecule has 2 rings (SSSR count). The highest BCUT2D eigenvalue weighted by molar-refractivity contribution is 5.52. The molecule has 0 bridgehead atoms. The number of pyridine rings is 1. The van der Waals surface area contributed by atoms with Gasteiger partial charge in [0.2, 0.25) is 0 Å². The highest BCUT2D eigenvalue weighted by Gasteiger charge is 2.26. The van der Waals surface area contributed by atoms with E-state index in [2.05, 4.69) is 42.0 Å². The molecule has 1 atom stereocenters. The smallest absolute Gasteiger partial charge is 0.0598 e. The number of nitrogens with zero attached hydrogens (tertiary/aromatic N) is 2. The van der Waals surface area contributed by atoms with Gasteiger partial charge in [0, 0.05) is 25.8 Å². The van der Waals surface area contributed by atoms with E-state index in [-0.39, 0.29) is 0 Å². The first kappa shape index (κ1) is 13.3. The van der Waals surface area contributed by atoms with Gasteiger partial charge in [0.05, 0.1) is 11.9 Å². The number of rotatable bonds is 5. The minimum absolute atomic E-state index is 0.781. The molecule has 1 fully saturated rings. The summed E-state index contributed by atoms with van der Waals surface area (Å²) in [6, 6.07) is 2.14. The summed E-state index contributed by atoms with van der Waals surface area (Å²) in [6.07, 6.45) is 5.23. The zero-order valence-corrected chi connectivity index (χ0v) is 11.8. The molecule has 0 aromatic carbocycles. The maximum absolute atomic E-state index is 4.30. The summed E-state index contributed by atoms with van der Waals surface area (Å²) in [5, 5.41) is 3.41. The van der Waals surface area contributed by atoms with Gasteiger partial charge in [-0.25, -0.2) is 0 Å². The van der Waals surface area contributed by atoms with Crippen molar-refractivity contribution in [3.8, 4) is 0 Å². The maximum atomic E-state index is 4.30. The van der Waals surface area contributed by atoms with Gasteiger partial charge in [0.25, 0.3) is 0 Å². The lowest BCUT2D eigenvalue weighted by atomic mass is 9.95. The van der Waals surface area contributed by atoms with Gasteiger partial charge in [-0.3, -0.25) is 4.98 Å². The van der Waals surface area contributed by atoms with E-state index < -0.39 is 0 Å². The molecule has 100 valence electrons. The van der Waals surface area contributed by atoms with Crippen LogP contribution in [0.3, 0.4) is 0 Å². The Morgan fingerprint density at radius 3 is 3.00 bits per heavy atom. The average molecular weight is 247 g/mol. The van der Waals surface area contributed by atoms with Gasteiger partial charge < -0.3 is 10.2 Å². The molecule has 0 radical (unpaired) electrons. The number of nitrogens with one attached hydrogen (secondary N) is 1. The van der Waals surface area contributed by atoms with Gasteiger partial charge in [-0.2, -0.15) is 0 Å². The Labute approximate surface area is 111 Å². The Kier molecular flexibility index (Phi) is 4.59. The molecule has 1 N–H and O–H groups in total. The predicted molar refractivity (Wildman–Crippen MR) is 76.8 cm³/mol. The minimum Gasteiger partial charge on any atom is -0.370 e. The van der Waals surface area contributed by atoms with Crippen molar-refractivity contribution < 1.29 is 0 Å². The highest BCUT2D eigenvalue weighted by atomic mass is 15.2. The minimum atomic E-state index is 0.781. The molecule has 0 saturated carbocycles. The second-order valence-electron chi connectivity index (χ2n) is 5.52. The predicted octanol–water partition coefficient (Wildman–Crippen LogP) is 2.67. The Balaban J connectivity index is 2.08. The van der Waals surface area contributed by atoms with E-state index in [1.54, 1.807) is 0 Å². The quantitative estimate of drug-likeness (QED) is 0.867. The fourth-order valence-electron chi connectivity index (χ4n) is 2.66. The fourth-order valence-corrected chi connectivity index (χ4v) is 2.66. The van der Waals surface area contributed by atoms with E-state index in [4.69, 9.17) is 0 Å². The lowest BCUT2D eigenvalue weighted by Crippen LogP contribution is -2.24. The summed E-state index contributed by atoms with van der Waals surface area (Å²) in [5.41, 5.74) is 2.69. The largest absolute Gasteiger partial charge is 0.370 e. The van der Waals surface area contributed by atoms with Crippen molar-refractivity contribution in [3.05, 3.63) is 24.0 Å². The summed E-state index contributed by atoms with van der Waals surface area (Å²) >= 11 is 0. The molecular weight excluding hydrogens is 222 g/mol. The first-order valence-corrected chi connectivity index (χ1v) is 7.11. The fraction of sp³-hybridized carbons (Fsp3) is 0.667. The molecule has 0 amide bonds. The Bertz CT molecular complexity index is 376. The van der Waals surface area contributed by atoms with E-state index in [1.165, 1.54) is 30.8 Å². The topological polar surface area (TPSA) is 28.2 Å². The van der Waals surface area contributed by atoms with Crippen molar-refractivity contribution in [2.75, 3.05) is 24.5 Å². The molecular formula is C15H25N3. The van der Waals surface area contributed by atoms with Crippen LogP contribution >= 0.6 is 0 Å². The summed E-state index contributed by atoms with van der Waals surface area (Å²) in [4.78, 5) is 6.80. The Morgan fingerprint density at radius 2 is 2.33 bits per heavy atom. The zero-order chi connectivity index (χ0) is 13.0. The molecule has 18 heavy (non-hydrogen) atoms. The molecule has 1 saturated heterocycles. The Hall–Kier alpha value is -1.09. The van der Waals surface area contributed by atoms with E-state index in [1.807, 2.05) is 12.4 Å². The van der Waals surface area contributed by atoms with Crippen molar-refractivity contribution >= 4 is 5.69 Å². The van der Waals surface area contributed by atoms with Crippen LogP contribution in [0, 0.1) is 11.8 Å². The van der Waals surface area contributed by atoms with Crippen molar-refractivity contribution in [1.29, 1.82) is 0 Å². The second-order valence-corrected chi connectivity index (χ2v) is 5.52. The van der Waals surface area contributed by atoms with Crippen LogP contribution in [-0.2, 0) is 6.54 Å². The molecule has 0 aliphatic carbocycles. The molecule has 1 aliphatic heterocycles. The average Bonchev–Trinajstić information content (AvgIpc) is 2.86. The van der Waals surface area contributed by atoms with E-state index in [9.17, 15) is 0 Å². The van der Waals surface area contributed by atoms with Crippen molar-refractivity contribution in [3.63, 3.8) is 0 Å². The molecule has 3 nitrogen and oxygen atoms in total. The summed E-state index contributed by atoms with van der Waals surface area (Å²) < 4.78 is 0. The summed E-state index contributed by atoms with van der Waals surface area (Å²) in [6.45, 7) is 11.1. The van der Waals surface area contributed by atoms with Gasteiger partial charge >= 0.3 is 0 Å². The van der Waals surface area contributed by atoms with Crippen LogP contribution in [0.5, 0.6) is 0 Å². The number of anilines is 1. The van der Waals surface area contributed by atoms with Crippen LogP contribution in [0.4, 0.5) is 5.69 Å². The van der Waals surface area contributed by atoms with Crippen molar-refractivity contribution in [1.82, 2.24) is 10.3 Å². The molecule has 2 heterocycles. The molecule has 1 aromatic rings. The van der Waals surface area contributed by atoms with E-state index in [0.717, 1.165) is 24.9 Å². The molecule has 1 aromatic heterocycles. The highest BCUT2D eigenvalue weighted by Crippen LogP contribution is 2.29. The van der Waals surface area contributed by atoms with Crippen LogP contribution in [0.2, 0.25) is 0 Å². The lowest BCUT2D eigenvalue weighted by Gasteiger charge is -2.22. The van der Waals surface area contributed by atoms with Crippen molar-refractivity contribution in [2.45, 2.75) is 33.7 Å². The zero-order valence-electron chi connectivity index (χ0n) is 11.8. The van der Waals surface area contributed by atoms with Gasteiger partial charge in [-0.15, -0.1) is 0 Å². The number of hydrogen-bond acceptors (Lipinski definition) is 3. The Morgan fingerprint density at radius 1 is 1.50 bits per heavy atom. The molecule has 0 spiro atoms. The summed E-state index contributed by atoms with van der Waals surface area (Å²) in [5.74, 6) is 1.61. The lowest BCUT2D eigenvalue weighted by molar-refractivity contribution is 0.422. The van der Waals surface area contributed by atoms with E-state index in [0.29, 0.717) is 0 Å². The van der Waals surface area contributed by atoms with Gasteiger partial charge in [-0.05, 0) is 36.4 Å². The van der Waals surface area contributed by atoms with Crippen LogP contribution in [-0.4, -0.2) is 24.6 Å². The number of aromatic nitrogens is 1. The van der Waals surface area contributed by atoms with Crippen LogP contribution in [0.25, 0.3) is 0 Å². The van der Waals surface area contributed by atoms with Gasteiger partial charge in [-0.1, -0.05) is 20.8 Å². The SMILES string of the molecule is CCNCc1ccncc1N1CCC(C(C)C)C1. The maximum Gasteiger partial charge on any atom is 0.0598 e. The normalized spacial score (nSPS) is 19.8.